The van der Waals surface area contributed by atoms with Crippen LogP contribution in [0.5, 0.6) is 0 Å². The van der Waals surface area contributed by atoms with Gasteiger partial charge in [0.05, 0.1) is 4.92 Å². The number of primary amides is 1. The van der Waals surface area contributed by atoms with Gasteiger partial charge in [0.1, 0.15) is 5.56 Å². The number of halogens is 1. The fourth-order valence-corrected chi connectivity index (χ4v) is 1.11. The molecule has 0 fully saturated rings. The molecule has 1 amide bonds. The lowest BCUT2D eigenvalue weighted by Gasteiger charge is -2.01. The van der Waals surface area contributed by atoms with Crippen molar-refractivity contribution in [2.24, 2.45) is 5.73 Å². The van der Waals surface area contributed by atoms with Crippen molar-refractivity contribution < 1.29 is 14.1 Å². The molecule has 0 aromatic heterocycles. The van der Waals surface area contributed by atoms with Crippen LogP contribution in [0.1, 0.15) is 15.9 Å². The predicted octanol–water partition coefficient (Wildman–Crippen LogP) is 1.14. The molecule has 0 saturated heterocycles. The van der Waals surface area contributed by atoms with E-state index in [4.69, 9.17) is 5.73 Å². The topological polar surface area (TPSA) is 86.2 Å². The first-order chi connectivity index (χ1) is 6.43. The van der Waals surface area contributed by atoms with Crippen molar-refractivity contribution in [1.29, 1.82) is 0 Å². The number of benzene rings is 1. The van der Waals surface area contributed by atoms with Gasteiger partial charge in [0.15, 0.2) is 0 Å². The Labute approximate surface area is 78.5 Å². The van der Waals surface area contributed by atoms with Crippen LogP contribution in [0.4, 0.5) is 10.1 Å². The third kappa shape index (κ3) is 1.68. The van der Waals surface area contributed by atoms with Crippen molar-refractivity contribution in [2.75, 3.05) is 0 Å². The number of hydrogen-bond donors (Lipinski definition) is 1. The van der Waals surface area contributed by atoms with Crippen molar-refractivity contribution >= 4 is 11.6 Å². The summed E-state index contributed by atoms with van der Waals surface area (Å²) in [5, 5.41) is 10.4. The minimum absolute atomic E-state index is 0.405. The first-order valence-electron chi connectivity index (χ1n) is 3.68. The molecule has 0 unspecified atom stereocenters. The second kappa shape index (κ2) is 3.41. The average molecular weight is 198 g/mol. The van der Waals surface area contributed by atoms with E-state index in [1.165, 1.54) is 13.0 Å². The third-order valence-electron chi connectivity index (χ3n) is 1.66. The van der Waals surface area contributed by atoms with Crippen molar-refractivity contribution in [3.05, 3.63) is 39.2 Å². The number of nitro benzene ring substituents is 1. The molecule has 1 aromatic carbocycles. The average Bonchev–Trinajstić information content (AvgIpc) is 2.01. The van der Waals surface area contributed by atoms with Crippen LogP contribution in [0.15, 0.2) is 12.1 Å². The van der Waals surface area contributed by atoms with Gasteiger partial charge in [-0.3, -0.25) is 14.9 Å². The molecule has 0 aliphatic rings. The van der Waals surface area contributed by atoms with E-state index in [1.807, 2.05) is 0 Å². The summed E-state index contributed by atoms with van der Waals surface area (Å²) in [6.45, 7) is 1.51. The van der Waals surface area contributed by atoms with Gasteiger partial charge in [-0.25, -0.2) is 0 Å². The molecular formula is C8H7FN2O3. The van der Waals surface area contributed by atoms with Gasteiger partial charge in [-0.1, -0.05) is 0 Å². The zero-order chi connectivity index (χ0) is 10.9. The maximum atomic E-state index is 13.1. The zero-order valence-electron chi connectivity index (χ0n) is 7.28. The molecule has 1 rings (SSSR count). The van der Waals surface area contributed by atoms with Gasteiger partial charge in [0.2, 0.25) is 5.82 Å². The smallest absolute Gasteiger partial charge is 0.317 e. The predicted molar refractivity (Wildman–Crippen MR) is 46.3 cm³/mol. The Morgan fingerprint density at radius 2 is 2.14 bits per heavy atom. The van der Waals surface area contributed by atoms with Crippen LogP contribution >= 0.6 is 0 Å². The molecule has 0 aliphatic carbocycles. The lowest BCUT2D eigenvalue weighted by molar-refractivity contribution is -0.387. The Bertz CT molecular complexity index is 417. The lowest BCUT2D eigenvalue weighted by Crippen LogP contribution is -2.14. The molecule has 0 bridgehead atoms. The van der Waals surface area contributed by atoms with Gasteiger partial charge in [0, 0.05) is 0 Å². The number of carbonyl (C=O) groups is 1. The van der Waals surface area contributed by atoms with Gasteiger partial charge in [-0.15, -0.1) is 0 Å². The van der Waals surface area contributed by atoms with E-state index in [1.54, 1.807) is 0 Å². The summed E-state index contributed by atoms with van der Waals surface area (Å²) in [5.74, 6) is -2.07. The largest absolute Gasteiger partial charge is 0.365 e. The van der Waals surface area contributed by atoms with E-state index < -0.39 is 27.9 Å². The Hall–Kier alpha value is -1.98. The van der Waals surface area contributed by atoms with E-state index in [0.717, 1.165) is 6.07 Å². The third-order valence-corrected chi connectivity index (χ3v) is 1.66. The minimum Gasteiger partial charge on any atom is -0.365 e. The Morgan fingerprint density at radius 1 is 1.57 bits per heavy atom. The molecular weight excluding hydrogens is 191 g/mol. The highest BCUT2D eigenvalue weighted by atomic mass is 19.1. The number of hydrogen-bond acceptors (Lipinski definition) is 3. The number of nitrogens with two attached hydrogens (primary N) is 1. The Balaban J connectivity index is 3.52. The Kier molecular flexibility index (Phi) is 2.46. The molecule has 0 saturated carbocycles. The zero-order valence-corrected chi connectivity index (χ0v) is 7.28. The van der Waals surface area contributed by atoms with E-state index in [2.05, 4.69) is 0 Å². The molecule has 0 spiro atoms. The highest BCUT2D eigenvalue weighted by Gasteiger charge is 2.23. The normalized spacial score (nSPS) is 9.86. The second-order valence-electron chi connectivity index (χ2n) is 2.76. The van der Waals surface area contributed by atoms with E-state index in [0.29, 0.717) is 5.56 Å². The van der Waals surface area contributed by atoms with Crippen LogP contribution in [-0.4, -0.2) is 10.8 Å². The van der Waals surface area contributed by atoms with Crippen LogP contribution in [0.2, 0.25) is 0 Å². The summed E-state index contributed by atoms with van der Waals surface area (Å²) < 4.78 is 13.1. The van der Waals surface area contributed by atoms with Gasteiger partial charge < -0.3 is 5.73 Å². The number of rotatable bonds is 2. The summed E-state index contributed by atoms with van der Waals surface area (Å²) in [7, 11) is 0. The molecule has 14 heavy (non-hydrogen) atoms. The number of amides is 1. The monoisotopic (exact) mass is 198 g/mol. The first-order valence-corrected chi connectivity index (χ1v) is 3.68. The molecule has 0 aliphatic heterocycles. The van der Waals surface area contributed by atoms with Gasteiger partial charge in [0.25, 0.3) is 5.91 Å². The summed E-state index contributed by atoms with van der Waals surface area (Å²) in [4.78, 5) is 20.2. The number of aryl methyl sites for hydroxylation is 1. The maximum absolute atomic E-state index is 13.1. The highest BCUT2D eigenvalue weighted by molar-refractivity contribution is 5.97. The van der Waals surface area contributed by atoms with Crippen LogP contribution in [0.3, 0.4) is 0 Å². The van der Waals surface area contributed by atoms with Crippen LogP contribution in [0, 0.1) is 22.9 Å². The summed E-state index contributed by atoms with van der Waals surface area (Å²) in [5.41, 5.74) is 4.00. The lowest BCUT2D eigenvalue weighted by atomic mass is 10.1. The van der Waals surface area contributed by atoms with Gasteiger partial charge in [-0.05, 0) is 24.6 Å². The van der Waals surface area contributed by atoms with Crippen LogP contribution < -0.4 is 5.73 Å². The summed E-state index contributed by atoms with van der Waals surface area (Å²) in [6, 6.07) is 2.16. The van der Waals surface area contributed by atoms with Crippen molar-refractivity contribution in [2.45, 2.75) is 6.92 Å². The highest BCUT2D eigenvalue weighted by Crippen LogP contribution is 2.23. The SMILES string of the molecule is Cc1cc(F)c([N+](=O)[O-])c(C(N)=O)c1. The molecule has 1 aromatic rings. The molecule has 0 atom stereocenters. The molecule has 2 N–H and O–H groups in total. The van der Waals surface area contributed by atoms with Crippen molar-refractivity contribution in [1.82, 2.24) is 0 Å². The second-order valence-corrected chi connectivity index (χ2v) is 2.76. The molecule has 74 valence electrons. The molecule has 6 heteroatoms. The molecule has 5 nitrogen and oxygen atoms in total. The number of nitrogens with zero attached hydrogens (tertiary/aromatic N) is 1. The molecule has 0 heterocycles. The fraction of sp³-hybridized carbons (Fsp3) is 0.125. The van der Waals surface area contributed by atoms with Gasteiger partial charge in [-0.2, -0.15) is 4.39 Å². The fourth-order valence-electron chi connectivity index (χ4n) is 1.11. The first kappa shape index (κ1) is 10.1. The standard InChI is InChI=1S/C8H7FN2O3/c1-4-2-5(8(10)12)7(11(13)14)6(9)3-4/h2-3H,1H3,(H2,10,12). The minimum atomic E-state index is -1.05. The van der Waals surface area contributed by atoms with E-state index in [9.17, 15) is 19.3 Å². The van der Waals surface area contributed by atoms with E-state index in [-0.39, 0.29) is 0 Å². The van der Waals surface area contributed by atoms with Crippen molar-refractivity contribution in [3.63, 3.8) is 0 Å². The Morgan fingerprint density at radius 3 is 2.57 bits per heavy atom. The van der Waals surface area contributed by atoms with Gasteiger partial charge >= 0.3 is 5.69 Å². The van der Waals surface area contributed by atoms with Crippen LogP contribution in [0.25, 0.3) is 0 Å². The van der Waals surface area contributed by atoms with Crippen LogP contribution in [-0.2, 0) is 0 Å². The number of carbonyl (C=O) groups excluding carboxylic acids is 1. The summed E-state index contributed by atoms with van der Waals surface area (Å²) in [6.07, 6.45) is 0. The van der Waals surface area contributed by atoms with Crippen molar-refractivity contribution in [3.8, 4) is 0 Å². The summed E-state index contributed by atoms with van der Waals surface area (Å²) >= 11 is 0. The maximum Gasteiger partial charge on any atom is 0.317 e. The molecule has 0 radical (unpaired) electrons. The van der Waals surface area contributed by atoms with E-state index >= 15 is 0 Å². The number of nitro groups is 1. The quantitative estimate of drug-likeness (QED) is 0.571.